The summed E-state index contributed by atoms with van der Waals surface area (Å²) in [6, 6.07) is -0.344. The van der Waals surface area contributed by atoms with Crippen molar-refractivity contribution in [3.8, 4) is 0 Å². The topological polar surface area (TPSA) is 76.0 Å². The molecule has 0 aromatic rings. The van der Waals surface area contributed by atoms with E-state index in [9.17, 15) is 14.7 Å². The number of carbonyl (C=O) groups excluding carboxylic acids is 1. The number of hydrogen-bond acceptors (Lipinski definition) is 5. The summed E-state index contributed by atoms with van der Waals surface area (Å²) in [5, 5.41) is 9.91. The molecule has 0 saturated carbocycles. The van der Waals surface area contributed by atoms with Crippen molar-refractivity contribution < 1.29 is 19.4 Å². The first-order valence-electron chi connectivity index (χ1n) is 7.84. The van der Waals surface area contributed by atoms with Gasteiger partial charge in [-0.1, -0.05) is 13.8 Å². The van der Waals surface area contributed by atoms with Crippen LogP contribution < -0.4 is 0 Å². The Morgan fingerprint density at radius 2 is 2.00 bits per heavy atom. The van der Waals surface area contributed by atoms with Crippen LogP contribution in [0.15, 0.2) is 4.99 Å². The predicted molar refractivity (Wildman–Crippen MR) is 89.5 cm³/mol. The first-order chi connectivity index (χ1) is 10.3. The molecule has 1 heterocycles. The van der Waals surface area contributed by atoms with Crippen LogP contribution in [0.3, 0.4) is 0 Å². The van der Waals surface area contributed by atoms with Crippen LogP contribution in [0.25, 0.3) is 0 Å². The maximum Gasteiger partial charge on any atom is 0.314 e. The number of hydrogen-bond donors (Lipinski definition) is 1. The average Bonchev–Trinajstić information content (AvgIpc) is 2.42. The van der Waals surface area contributed by atoms with Crippen LogP contribution in [0.4, 0.5) is 0 Å². The molecule has 4 atom stereocenters. The molecule has 0 aromatic carbocycles. The van der Waals surface area contributed by atoms with Gasteiger partial charge in [0.1, 0.15) is 0 Å². The highest BCUT2D eigenvalue weighted by Gasteiger charge is 2.55. The molecule has 126 valence electrons. The van der Waals surface area contributed by atoms with Gasteiger partial charge in [-0.2, -0.15) is 11.8 Å². The summed E-state index contributed by atoms with van der Waals surface area (Å²) in [7, 11) is 0. The summed E-state index contributed by atoms with van der Waals surface area (Å²) in [5.41, 5.74) is -0.336. The Hall–Kier alpha value is -1.04. The fourth-order valence-corrected chi connectivity index (χ4v) is 4.22. The second-order valence-electron chi connectivity index (χ2n) is 5.76. The van der Waals surface area contributed by atoms with Crippen molar-refractivity contribution in [3.63, 3.8) is 0 Å². The molecule has 4 unspecified atom stereocenters. The molecule has 0 aliphatic carbocycles. The van der Waals surface area contributed by atoms with Crippen molar-refractivity contribution in [3.05, 3.63) is 0 Å². The zero-order valence-electron chi connectivity index (χ0n) is 14.1. The molecule has 0 fully saturated rings. The van der Waals surface area contributed by atoms with E-state index in [4.69, 9.17) is 4.74 Å². The minimum absolute atomic E-state index is 0.288. The van der Waals surface area contributed by atoms with Gasteiger partial charge in [-0.05, 0) is 44.6 Å². The van der Waals surface area contributed by atoms with Gasteiger partial charge in [-0.15, -0.1) is 0 Å². The van der Waals surface area contributed by atoms with Gasteiger partial charge in [-0.3, -0.25) is 14.6 Å². The third-order valence-corrected chi connectivity index (χ3v) is 5.61. The molecule has 0 aromatic heterocycles. The number of rotatable bonds is 7. The molecule has 0 saturated heterocycles. The maximum absolute atomic E-state index is 12.3. The van der Waals surface area contributed by atoms with Gasteiger partial charge in [0.05, 0.1) is 24.0 Å². The number of aliphatic imine (C=N–C) groups is 1. The Balaban J connectivity index is 3.20. The van der Waals surface area contributed by atoms with E-state index in [1.54, 1.807) is 25.6 Å². The number of thioether (sulfide) groups is 1. The van der Waals surface area contributed by atoms with Crippen molar-refractivity contribution in [2.75, 3.05) is 18.1 Å². The standard InChI is InChI=1S/C16H27NO4S/c1-6-21-14(18)13-10(3)16(15(19)20,8-9-22-7-2)12(5)17-11(13)4/h10,12-13H,6-9H2,1-5H3,(H,19,20). The molecule has 22 heavy (non-hydrogen) atoms. The lowest BCUT2D eigenvalue weighted by molar-refractivity contribution is -0.160. The molecular formula is C16H27NO4S. The normalized spacial score (nSPS) is 31.5. The SMILES string of the molecule is CCOC(=O)C1C(C)=NC(C)C(CCSCC)(C(=O)O)C1C. The zero-order valence-corrected chi connectivity index (χ0v) is 14.9. The van der Waals surface area contributed by atoms with Gasteiger partial charge >= 0.3 is 11.9 Å². The van der Waals surface area contributed by atoms with Crippen LogP contribution in [0, 0.1) is 17.3 Å². The Morgan fingerprint density at radius 3 is 2.50 bits per heavy atom. The minimum atomic E-state index is -1.01. The molecule has 5 nitrogen and oxygen atoms in total. The van der Waals surface area contributed by atoms with Crippen LogP contribution in [-0.2, 0) is 14.3 Å². The summed E-state index contributed by atoms with van der Waals surface area (Å²) < 4.78 is 5.14. The fraction of sp³-hybridized carbons (Fsp3) is 0.812. The van der Waals surface area contributed by atoms with E-state index in [1.165, 1.54) is 0 Å². The summed E-state index contributed by atoms with van der Waals surface area (Å²) >= 11 is 1.71. The van der Waals surface area contributed by atoms with Crippen molar-refractivity contribution >= 4 is 29.4 Å². The third-order valence-electron chi connectivity index (χ3n) is 4.71. The monoisotopic (exact) mass is 329 g/mol. The highest BCUT2D eigenvalue weighted by molar-refractivity contribution is 7.99. The molecule has 1 aliphatic heterocycles. The van der Waals surface area contributed by atoms with Crippen molar-refractivity contribution in [2.45, 2.75) is 47.1 Å². The largest absolute Gasteiger partial charge is 0.481 e. The van der Waals surface area contributed by atoms with E-state index in [2.05, 4.69) is 11.9 Å². The first kappa shape index (κ1) is 19.0. The summed E-state index contributed by atoms with van der Waals surface area (Å²) in [4.78, 5) is 28.9. The maximum atomic E-state index is 12.3. The van der Waals surface area contributed by atoms with Crippen LogP contribution in [0.5, 0.6) is 0 Å². The van der Waals surface area contributed by atoms with Crippen molar-refractivity contribution in [1.82, 2.24) is 0 Å². The number of nitrogens with zero attached hydrogens (tertiary/aromatic N) is 1. The van der Waals surface area contributed by atoms with Gasteiger partial charge in [0, 0.05) is 5.71 Å². The summed E-state index contributed by atoms with van der Waals surface area (Å²) in [6.07, 6.45) is 0.510. The number of esters is 1. The second-order valence-corrected chi connectivity index (χ2v) is 7.15. The molecular weight excluding hydrogens is 302 g/mol. The number of carbonyl (C=O) groups is 2. The number of carboxylic acid groups (broad SMARTS) is 1. The molecule has 0 amide bonds. The zero-order chi connectivity index (χ0) is 16.9. The minimum Gasteiger partial charge on any atom is -0.481 e. The van der Waals surface area contributed by atoms with Crippen molar-refractivity contribution in [2.24, 2.45) is 22.2 Å². The van der Waals surface area contributed by atoms with E-state index in [-0.39, 0.29) is 24.5 Å². The van der Waals surface area contributed by atoms with E-state index < -0.39 is 17.3 Å². The Bertz CT molecular complexity index is 451. The smallest absolute Gasteiger partial charge is 0.314 e. The highest BCUT2D eigenvalue weighted by Crippen LogP contribution is 2.46. The number of aliphatic carboxylic acids is 1. The lowest BCUT2D eigenvalue weighted by Crippen LogP contribution is -2.54. The average molecular weight is 329 g/mol. The Kier molecular flexibility index (Phi) is 6.91. The summed E-state index contributed by atoms with van der Waals surface area (Å²) in [6.45, 7) is 9.57. The van der Waals surface area contributed by atoms with E-state index >= 15 is 0 Å². The highest BCUT2D eigenvalue weighted by atomic mass is 32.2. The molecule has 6 heteroatoms. The van der Waals surface area contributed by atoms with Crippen LogP contribution in [-0.4, -0.2) is 46.9 Å². The summed E-state index contributed by atoms with van der Waals surface area (Å²) in [5.74, 6) is -0.441. The Morgan fingerprint density at radius 1 is 1.36 bits per heavy atom. The van der Waals surface area contributed by atoms with Gasteiger partial charge in [0.2, 0.25) is 0 Å². The van der Waals surface area contributed by atoms with Gasteiger partial charge in [-0.25, -0.2) is 0 Å². The lowest BCUT2D eigenvalue weighted by atomic mass is 9.62. The van der Waals surface area contributed by atoms with Gasteiger partial charge in [0.15, 0.2) is 0 Å². The third kappa shape index (κ3) is 3.47. The Labute approximate surface area is 136 Å². The van der Waals surface area contributed by atoms with E-state index in [0.717, 1.165) is 11.5 Å². The van der Waals surface area contributed by atoms with Crippen LogP contribution in [0.1, 0.15) is 41.0 Å². The first-order valence-corrected chi connectivity index (χ1v) is 9.00. The van der Waals surface area contributed by atoms with E-state index in [1.807, 2.05) is 13.8 Å². The van der Waals surface area contributed by atoms with Crippen LogP contribution in [0.2, 0.25) is 0 Å². The molecule has 0 spiro atoms. The van der Waals surface area contributed by atoms with Gasteiger partial charge in [0.25, 0.3) is 0 Å². The fourth-order valence-electron chi connectivity index (χ4n) is 3.45. The molecule has 0 radical (unpaired) electrons. The van der Waals surface area contributed by atoms with E-state index in [0.29, 0.717) is 12.1 Å². The lowest BCUT2D eigenvalue weighted by Gasteiger charge is -2.45. The predicted octanol–water partition coefficient (Wildman–Crippen LogP) is 2.88. The molecule has 1 rings (SSSR count). The number of carboxylic acids is 1. The van der Waals surface area contributed by atoms with Crippen molar-refractivity contribution in [1.29, 1.82) is 0 Å². The van der Waals surface area contributed by atoms with Gasteiger partial charge < -0.3 is 9.84 Å². The molecule has 1 aliphatic rings. The number of ether oxygens (including phenoxy) is 1. The molecule has 0 bridgehead atoms. The quantitative estimate of drug-likeness (QED) is 0.574. The molecule has 1 N–H and O–H groups in total. The second kappa shape index (κ2) is 7.99. The van der Waals surface area contributed by atoms with Crippen LogP contribution >= 0.6 is 11.8 Å².